The van der Waals surface area contributed by atoms with Crippen molar-refractivity contribution in [2.24, 2.45) is 0 Å². The molecule has 0 amide bonds. The molecule has 0 bridgehead atoms. The Balaban J connectivity index is 2.75. The highest BCUT2D eigenvalue weighted by atomic mass is 35.5. The first kappa shape index (κ1) is 9.88. The highest BCUT2D eigenvalue weighted by Crippen LogP contribution is 2.21. The number of hydrogen-bond acceptors (Lipinski definition) is 0. The van der Waals surface area contributed by atoms with Crippen LogP contribution in [0.3, 0.4) is 0 Å². The van der Waals surface area contributed by atoms with Gasteiger partial charge in [0.15, 0.2) is 0 Å². The van der Waals surface area contributed by atoms with Crippen molar-refractivity contribution >= 4 is 23.2 Å². The molecule has 0 aliphatic carbocycles. The van der Waals surface area contributed by atoms with Crippen LogP contribution in [-0.2, 0) is 6.42 Å². The fraction of sp³-hybridized carbons (Fsp3) is 0.300. The Morgan fingerprint density at radius 3 is 2.67 bits per heavy atom. The summed E-state index contributed by atoms with van der Waals surface area (Å²) in [6.45, 7) is 3.78. The van der Waals surface area contributed by atoms with E-state index in [1.165, 1.54) is 0 Å². The van der Waals surface area contributed by atoms with E-state index in [0.717, 1.165) is 34.9 Å². The van der Waals surface area contributed by atoms with Gasteiger partial charge in [0.1, 0.15) is 0 Å². The standard InChI is InChI=1S/C10H11Cl2/c1-2-3-4-8-7-9(11)5-6-10(8)12/h5-7H,1-4H2. The van der Waals surface area contributed by atoms with E-state index >= 15 is 0 Å². The number of benzene rings is 1. The van der Waals surface area contributed by atoms with Gasteiger partial charge in [-0.1, -0.05) is 36.5 Å². The molecule has 1 aromatic rings. The Bertz CT molecular complexity index is 256. The van der Waals surface area contributed by atoms with Crippen LogP contribution in [0.15, 0.2) is 18.2 Å². The number of aryl methyl sites for hydroxylation is 1. The summed E-state index contributed by atoms with van der Waals surface area (Å²) < 4.78 is 0. The first-order chi connectivity index (χ1) is 5.74. The third-order valence-corrected chi connectivity index (χ3v) is 2.31. The highest BCUT2D eigenvalue weighted by Gasteiger charge is 1.99. The third-order valence-electron chi connectivity index (χ3n) is 1.70. The normalized spacial score (nSPS) is 10.2. The maximum absolute atomic E-state index is 5.95. The largest absolute Gasteiger partial charge is 0.0843 e. The molecule has 65 valence electrons. The summed E-state index contributed by atoms with van der Waals surface area (Å²) >= 11 is 11.8. The number of halogens is 2. The van der Waals surface area contributed by atoms with E-state index in [9.17, 15) is 0 Å². The van der Waals surface area contributed by atoms with Crippen LogP contribution in [-0.4, -0.2) is 0 Å². The van der Waals surface area contributed by atoms with Gasteiger partial charge in [0.2, 0.25) is 0 Å². The van der Waals surface area contributed by atoms with Crippen LogP contribution in [0.2, 0.25) is 10.0 Å². The molecule has 0 aromatic heterocycles. The lowest BCUT2D eigenvalue weighted by Gasteiger charge is -2.02. The fourth-order valence-corrected chi connectivity index (χ4v) is 1.46. The van der Waals surface area contributed by atoms with E-state index in [1.54, 1.807) is 6.07 Å². The second-order valence-corrected chi connectivity index (χ2v) is 3.54. The van der Waals surface area contributed by atoms with E-state index in [0.29, 0.717) is 0 Å². The second-order valence-electron chi connectivity index (χ2n) is 2.69. The fourth-order valence-electron chi connectivity index (χ4n) is 1.05. The zero-order valence-corrected chi connectivity index (χ0v) is 8.33. The molecule has 2 heteroatoms. The molecule has 0 unspecified atom stereocenters. The summed E-state index contributed by atoms with van der Waals surface area (Å²) in [6.07, 6.45) is 2.95. The quantitative estimate of drug-likeness (QED) is 0.690. The van der Waals surface area contributed by atoms with Gasteiger partial charge in [-0.25, -0.2) is 0 Å². The second kappa shape index (κ2) is 4.74. The first-order valence-electron chi connectivity index (χ1n) is 3.97. The van der Waals surface area contributed by atoms with Gasteiger partial charge in [-0.15, -0.1) is 0 Å². The Morgan fingerprint density at radius 1 is 1.25 bits per heavy atom. The molecule has 0 nitrogen and oxygen atoms in total. The molecule has 0 fully saturated rings. The smallest absolute Gasteiger partial charge is 0.0439 e. The first-order valence-corrected chi connectivity index (χ1v) is 4.73. The van der Waals surface area contributed by atoms with Crippen LogP contribution in [0.1, 0.15) is 18.4 Å². The van der Waals surface area contributed by atoms with Crippen molar-refractivity contribution in [2.45, 2.75) is 19.3 Å². The average molecular weight is 202 g/mol. The van der Waals surface area contributed by atoms with Gasteiger partial charge in [-0.3, -0.25) is 0 Å². The average Bonchev–Trinajstić information content (AvgIpc) is 2.07. The minimum atomic E-state index is 0.749. The van der Waals surface area contributed by atoms with E-state index in [4.69, 9.17) is 23.2 Å². The predicted molar refractivity (Wildman–Crippen MR) is 54.8 cm³/mol. The Hall–Kier alpha value is -0.200. The maximum Gasteiger partial charge on any atom is 0.0439 e. The molecule has 0 saturated heterocycles. The van der Waals surface area contributed by atoms with Crippen molar-refractivity contribution in [2.75, 3.05) is 0 Å². The zero-order chi connectivity index (χ0) is 8.97. The zero-order valence-electron chi connectivity index (χ0n) is 6.82. The van der Waals surface area contributed by atoms with Crippen LogP contribution >= 0.6 is 23.2 Å². The van der Waals surface area contributed by atoms with E-state index in [2.05, 4.69) is 6.92 Å². The van der Waals surface area contributed by atoms with E-state index in [-0.39, 0.29) is 0 Å². The Kier molecular flexibility index (Phi) is 3.90. The van der Waals surface area contributed by atoms with Gasteiger partial charge >= 0.3 is 0 Å². The van der Waals surface area contributed by atoms with Crippen molar-refractivity contribution in [3.05, 3.63) is 40.7 Å². The number of unbranched alkanes of at least 4 members (excludes halogenated alkanes) is 1. The van der Waals surface area contributed by atoms with Crippen LogP contribution in [0.4, 0.5) is 0 Å². The van der Waals surface area contributed by atoms with E-state index in [1.807, 2.05) is 12.1 Å². The van der Waals surface area contributed by atoms with Crippen LogP contribution in [0.25, 0.3) is 0 Å². The molecule has 0 saturated carbocycles. The molecule has 0 spiro atoms. The van der Waals surface area contributed by atoms with Gasteiger partial charge in [0.25, 0.3) is 0 Å². The van der Waals surface area contributed by atoms with Gasteiger partial charge in [0.05, 0.1) is 0 Å². The molecule has 1 rings (SSSR count). The molecule has 1 radical (unpaired) electrons. The topological polar surface area (TPSA) is 0 Å². The number of hydrogen-bond donors (Lipinski definition) is 0. The van der Waals surface area contributed by atoms with Gasteiger partial charge in [-0.05, 0) is 36.6 Å². The minimum absolute atomic E-state index is 0.749. The summed E-state index contributed by atoms with van der Waals surface area (Å²) in [7, 11) is 0. The summed E-state index contributed by atoms with van der Waals surface area (Å²) in [5, 5.41) is 1.55. The predicted octanol–water partition coefficient (Wildman–Crippen LogP) is 4.15. The summed E-state index contributed by atoms with van der Waals surface area (Å²) in [6, 6.07) is 5.56. The molecule has 0 aliphatic rings. The van der Waals surface area contributed by atoms with Crippen LogP contribution in [0, 0.1) is 6.92 Å². The monoisotopic (exact) mass is 201 g/mol. The van der Waals surface area contributed by atoms with Gasteiger partial charge < -0.3 is 0 Å². The SMILES string of the molecule is [CH2]CCCc1cc(Cl)ccc1Cl. The summed E-state index contributed by atoms with van der Waals surface area (Å²) in [4.78, 5) is 0. The van der Waals surface area contributed by atoms with Crippen molar-refractivity contribution < 1.29 is 0 Å². The molecular formula is C10H11Cl2. The lowest BCUT2D eigenvalue weighted by atomic mass is 10.1. The molecule has 0 heterocycles. The molecule has 0 aliphatic heterocycles. The Morgan fingerprint density at radius 2 is 2.00 bits per heavy atom. The molecular weight excluding hydrogens is 191 g/mol. The summed E-state index contributed by atoms with van der Waals surface area (Å²) in [5.74, 6) is 0. The van der Waals surface area contributed by atoms with Crippen molar-refractivity contribution in [3.8, 4) is 0 Å². The Labute approximate surface area is 83.5 Å². The molecule has 0 N–H and O–H groups in total. The van der Waals surface area contributed by atoms with Gasteiger partial charge in [-0.2, -0.15) is 0 Å². The van der Waals surface area contributed by atoms with Gasteiger partial charge in [0, 0.05) is 10.0 Å². The van der Waals surface area contributed by atoms with Crippen molar-refractivity contribution in [1.82, 2.24) is 0 Å². The third kappa shape index (κ3) is 2.69. The lowest BCUT2D eigenvalue weighted by Crippen LogP contribution is -1.85. The number of rotatable bonds is 3. The lowest BCUT2D eigenvalue weighted by molar-refractivity contribution is 0.841. The molecule has 1 aromatic carbocycles. The van der Waals surface area contributed by atoms with Crippen LogP contribution in [0.5, 0.6) is 0 Å². The highest BCUT2D eigenvalue weighted by molar-refractivity contribution is 6.33. The maximum atomic E-state index is 5.95. The van der Waals surface area contributed by atoms with E-state index < -0.39 is 0 Å². The summed E-state index contributed by atoms with van der Waals surface area (Å²) in [5.41, 5.74) is 1.12. The molecule has 12 heavy (non-hydrogen) atoms. The van der Waals surface area contributed by atoms with Crippen molar-refractivity contribution in [1.29, 1.82) is 0 Å². The molecule has 0 atom stereocenters. The minimum Gasteiger partial charge on any atom is -0.0843 e. The van der Waals surface area contributed by atoms with Crippen molar-refractivity contribution in [3.63, 3.8) is 0 Å². The van der Waals surface area contributed by atoms with Crippen LogP contribution < -0.4 is 0 Å².